The van der Waals surface area contributed by atoms with Crippen LogP contribution in [0.3, 0.4) is 0 Å². The second-order valence-corrected chi connectivity index (χ2v) is 5.72. The molecular formula is C18H17N5O. The summed E-state index contributed by atoms with van der Waals surface area (Å²) in [6, 6.07) is 10.3. The highest BCUT2D eigenvalue weighted by Crippen LogP contribution is 2.39. The van der Waals surface area contributed by atoms with Gasteiger partial charge in [0.05, 0.1) is 46.8 Å². The molecule has 0 radical (unpaired) electrons. The van der Waals surface area contributed by atoms with Crippen molar-refractivity contribution in [3.05, 3.63) is 35.0 Å². The number of hydrogen-bond acceptors (Lipinski definition) is 5. The van der Waals surface area contributed by atoms with Crippen molar-refractivity contribution < 1.29 is 4.74 Å². The molecule has 1 aliphatic rings. The lowest BCUT2D eigenvalue weighted by molar-refractivity contribution is 0.330. The predicted molar refractivity (Wildman–Crippen MR) is 90.5 cm³/mol. The molecular weight excluding hydrogens is 302 g/mol. The predicted octanol–water partition coefficient (Wildman–Crippen LogP) is 3.46. The van der Waals surface area contributed by atoms with Crippen LogP contribution in [0.2, 0.25) is 0 Å². The van der Waals surface area contributed by atoms with Gasteiger partial charge in [0.2, 0.25) is 5.88 Å². The lowest BCUT2D eigenvalue weighted by Crippen LogP contribution is -2.24. The Morgan fingerprint density at radius 2 is 2.08 bits per heavy atom. The molecule has 1 aliphatic heterocycles. The van der Waals surface area contributed by atoms with Crippen molar-refractivity contribution in [1.82, 2.24) is 10.2 Å². The molecule has 2 aromatic rings. The van der Waals surface area contributed by atoms with Gasteiger partial charge in [-0.1, -0.05) is 6.07 Å². The van der Waals surface area contributed by atoms with Crippen LogP contribution in [0.1, 0.15) is 32.3 Å². The van der Waals surface area contributed by atoms with Gasteiger partial charge in [-0.15, -0.1) is 5.10 Å². The SMILES string of the molecule is CCOc1n[nH]c2ccc(C3C(C#N)=C(C)N=C(C)C3C#N)cc12. The van der Waals surface area contributed by atoms with E-state index in [0.717, 1.165) is 22.2 Å². The van der Waals surface area contributed by atoms with Gasteiger partial charge in [-0.25, -0.2) is 0 Å². The third-order valence-electron chi connectivity index (χ3n) is 4.28. The van der Waals surface area contributed by atoms with Crippen LogP contribution < -0.4 is 4.74 Å². The summed E-state index contributed by atoms with van der Waals surface area (Å²) in [4.78, 5) is 4.37. The molecule has 1 aromatic heterocycles. The van der Waals surface area contributed by atoms with Gasteiger partial charge in [-0.3, -0.25) is 10.1 Å². The first kappa shape index (κ1) is 15.8. The van der Waals surface area contributed by atoms with Gasteiger partial charge < -0.3 is 4.74 Å². The number of hydrogen-bond donors (Lipinski definition) is 1. The molecule has 2 unspecified atom stereocenters. The molecule has 1 N–H and O–H groups in total. The highest BCUT2D eigenvalue weighted by atomic mass is 16.5. The molecule has 0 saturated heterocycles. The minimum atomic E-state index is -0.455. The summed E-state index contributed by atoms with van der Waals surface area (Å²) in [5.74, 6) is -0.252. The quantitative estimate of drug-likeness (QED) is 0.936. The lowest BCUT2D eigenvalue weighted by Gasteiger charge is -2.26. The Kier molecular flexibility index (Phi) is 4.05. The molecule has 0 saturated carbocycles. The second kappa shape index (κ2) is 6.17. The van der Waals surface area contributed by atoms with Crippen LogP contribution in [0.5, 0.6) is 5.88 Å². The largest absolute Gasteiger partial charge is 0.476 e. The number of rotatable bonds is 3. The molecule has 0 amide bonds. The third kappa shape index (κ3) is 2.43. The highest BCUT2D eigenvalue weighted by Gasteiger charge is 2.34. The van der Waals surface area contributed by atoms with Crippen LogP contribution in [0.15, 0.2) is 34.5 Å². The number of fused-ring (bicyclic) bond motifs is 1. The van der Waals surface area contributed by atoms with Crippen molar-refractivity contribution >= 4 is 16.6 Å². The fraction of sp³-hybridized carbons (Fsp3) is 0.333. The van der Waals surface area contributed by atoms with Crippen LogP contribution in [-0.4, -0.2) is 22.5 Å². The third-order valence-corrected chi connectivity index (χ3v) is 4.28. The molecule has 0 aliphatic carbocycles. The van der Waals surface area contributed by atoms with Crippen molar-refractivity contribution in [3.8, 4) is 18.0 Å². The Hall–Kier alpha value is -3.12. The number of ether oxygens (including phenoxy) is 1. The van der Waals surface area contributed by atoms with Crippen LogP contribution in [0, 0.1) is 28.6 Å². The van der Waals surface area contributed by atoms with Gasteiger partial charge >= 0.3 is 0 Å². The van der Waals surface area contributed by atoms with E-state index in [0.29, 0.717) is 23.8 Å². The number of nitriles is 2. The first-order valence-electron chi connectivity index (χ1n) is 7.77. The van der Waals surface area contributed by atoms with E-state index in [1.165, 1.54) is 0 Å². The second-order valence-electron chi connectivity index (χ2n) is 5.72. The van der Waals surface area contributed by atoms with E-state index in [4.69, 9.17) is 4.74 Å². The van der Waals surface area contributed by atoms with Crippen molar-refractivity contribution in [2.24, 2.45) is 10.9 Å². The zero-order valence-electron chi connectivity index (χ0n) is 13.8. The Balaban J connectivity index is 2.17. The Morgan fingerprint density at radius 1 is 1.29 bits per heavy atom. The molecule has 120 valence electrons. The van der Waals surface area contributed by atoms with E-state index in [-0.39, 0.29) is 5.92 Å². The summed E-state index contributed by atoms with van der Waals surface area (Å²) in [7, 11) is 0. The van der Waals surface area contributed by atoms with E-state index in [9.17, 15) is 10.5 Å². The first-order valence-corrected chi connectivity index (χ1v) is 7.77. The number of aromatic amines is 1. The maximum atomic E-state index is 9.60. The molecule has 2 heterocycles. The molecule has 6 heteroatoms. The van der Waals surface area contributed by atoms with Gasteiger partial charge in [0.15, 0.2) is 0 Å². The molecule has 0 fully saturated rings. The number of aromatic nitrogens is 2. The van der Waals surface area contributed by atoms with E-state index in [2.05, 4.69) is 27.3 Å². The number of aliphatic imine (C=N–C) groups is 1. The lowest BCUT2D eigenvalue weighted by atomic mass is 9.77. The normalized spacial score (nSPS) is 20.5. The molecule has 0 bridgehead atoms. The summed E-state index contributed by atoms with van der Waals surface area (Å²) in [6.07, 6.45) is 0. The van der Waals surface area contributed by atoms with Crippen LogP contribution >= 0.6 is 0 Å². The zero-order valence-corrected chi connectivity index (χ0v) is 13.8. The highest BCUT2D eigenvalue weighted by molar-refractivity contribution is 5.91. The Bertz CT molecular complexity index is 938. The van der Waals surface area contributed by atoms with Crippen LogP contribution in [0.4, 0.5) is 0 Å². The molecule has 1 aromatic carbocycles. The number of H-pyrrole nitrogens is 1. The molecule has 6 nitrogen and oxygen atoms in total. The minimum absolute atomic E-state index is 0.328. The van der Waals surface area contributed by atoms with Crippen molar-refractivity contribution in [3.63, 3.8) is 0 Å². The maximum absolute atomic E-state index is 9.60. The molecule has 24 heavy (non-hydrogen) atoms. The number of allylic oxidation sites excluding steroid dienone is 2. The van der Waals surface area contributed by atoms with Crippen LogP contribution in [-0.2, 0) is 0 Å². The van der Waals surface area contributed by atoms with Crippen molar-refractivity contribution in [2.75, 3.05) is 6.61 Å². The van der Waals surface area contributed by atoms with Gasteiger partial charge in [-0.05, 0) is 38.5 Å². The van der Waals surface area contributed by atoms with E-state index >= 15 is 0 Å². The van der Waals surface area contributed by atoms with E-state index in [1.54, 1.807) is 0 Å². The summed E-state index contributed by atoms with van der Waals surface area (Å²) >= 11 is 0. The molecule has 2 atom stereocenters. The van der Waals surface area contributed by atoms with E-state index in [1.807, 2.05) is 39.0 Å². The van der Waals surface area contributed by atoms with Crippen molar-refractivity contribution in [2.45, 2.75) is 26.7 Å². The summed E-state index contributed by atoms with van der Waals surface area (Å²) < 4.78 is 5.54. The average Bonchev–Trinajstić information content (AvgIpc) is 2.97. The van der Waals surface area contributed by atoms with Gasteiger partial charge in [0.1, 0.15) is 0 Å². The molecule has 3 rings (SSSR count). The monoisotopic (exact) mass is 319 g/mol. The number of nitrogens with zero attached hydrogens (tertiary/aromatic N) is 4. The minimum Gasteiger partial charge on any atom is -0.476 e. The fourth-order valence-electron chi connectivity index (χ4n) is 3.15. The maximum Gasteiger partial charge on any atom is 0.240 e. The summed E-state index contributed by atoms with van der Waals surface area (Å²) in [5, 5.41) is 27.1. The standard InChI is InChI=1S/C18H17N5O/c1-4-24-18-13-7-12(5-6-16(13)22-23-18)17-14(8-19)10(2)21-11(3)15(17)9-20/h5-7,14,17H,4H2,1-3H3,(H,22,23). The number of nitrogens with one attached hydrogen (secondary N) is 1. The van der Waals surface area contributed by atoms with Crippen molar-refractivity contribution in [1.29, 1.82) is 10.5 Å². The molecule has 0 spiro atoms. The first-order chi connectivity index (χ1) is 11.6. The zero-order chi connectivity index (χ0) is 17.3. The van der Waals surface area contributed by atoms with Gasteiger partial charge in [0.25, 0.3) is 0 Å². The summed E-state index contributed by atoms with van der Waals surface area (Å²) in [5.41, 5.74) is 3.69. The summed E-state index contributed by atoms with van der Waals surface area (Å²) in [6.45, 7) is 6.06. The Morgan fingerprint density at radius 3 is 2.75 bits per heavy atom. The Labute approximate surface area is 140 Å². The topological polar surface area (TPSA) is 97.8 Å². The van der Waals surface area contributed by atoms with E-state index < -0.39 is 5.92 Å². The fourth-order valence-corrected chi connectivity index (χ4v) is 3.15. The number of benzene rings is 1. The average molecular weight is 319 g/mol. The van der Waals surface area contributed by atoms with Crippen LogP contribution in [0.25, 0.3) is 10.9 Å². The smallest absolute Gasteiger partial charge is 0.240 e. The van der Waals surface area contributed by atoms with Gasteiger partial charge in [0, 0.05) is 11.6 Å². The van der Waals surface area contributed by atoms with Gasteiger partial charge in [-0.2, -0.15) is 10.5 Å².